The van der Waals surface area contributed by atoms with Crippen molar-refractivity contribution in [3.05, 3.63) is 0 Å². The van der Waals surface area contributed by atoms with Gasteiger partial charge in [-0.05, 0) is 27.2 Å². The van der Waals surface area contributed by atoms with Crippen molar-refractivity contribution < 1.29 is 4.79 Å². The van der Waals surface area contributed by atoms with Crippen molar-refractivity contribution in [2.75, 3.05) is 13.6 Å². The van der Waals surface area contributed by atoms with Gasteiger partial charge in [-0.1, -0.05) is 6.92 Å². The molecule has 1 N–H and O–H groups in total. The van der Waals surface area contributed by atoms with E-state index in [-0.39, 0.29) is 11.6 Å². The molecule has 3 nitrogen and oxygen atoms in total. The number of amides is 2. The molecule has 0 saturated heterocycles. The summed E-state index contributed by atoms with van der Waals surface area (Å²) in [5, 5.41) is 2.83. The molecule has 72 valence electrons. The molecular formula is C9H20N2O. The van der Waals surface area contributed by atoms with Crippen LogP contribution in [0, 0.1) is 0 Å². The van der Waals surface area contributed by atoms with Crippen LogP contribution in [-0.4, -0.2) is 30.1 Å². The molecule has 0 aliphatic rings. The topological polar surface area (TPSA) is 32.3 Å². The third-order valence-corrected chi connectivity index (χ3v) is 1.84. The van der Waals surface area contributed by atoms with Crippen molar-refractivity contribution in [2.24, 2.45) is 0 Å². The van der Waals surface area contributed by atoms with Gasteiger partial charge in [-0.3, -0.25) is 0 Å². The first kappa shape index (κ1) is 11.3. The molecule has 0 saturated carbocycles. The van der Waals surface area contributed by atoms with E-state index in [1.807, 2.05) is 34.7 Å². The zero-order valence-corrected chi connectivity index (χ0v) is 8.77. The summed E-state index contributed by atoms with van der Waals surface area (Å²) in [7, 11) is 1.81. The fourth-order valence-electron chi connectivity index (χ4n) is 0.655. The lowest BCUT2D eigenvalue weighted by Crippen LogP contribution is -2.47. The minimum atomic E-state index is -0.0994. The summed E-state index contributed by atoms with van der Waals surface area (Å²) < 4.78 is 0. The second kappa shape index (κ2) is 4.33. The van der Waals surface area contributed by atoms with Crippen LogP contribution in [0.15, 0.2) is 0 Å². The molecule has 0 unspecified atom stereocenters. The second-order valence-electron chi connectivity index (χ2n) is 3.96. The Morgan fingerprint density at radius 3 is 2.25 bits per heavy atom. The number of hydrogen-bond donors (Lipinski definition) is 1. The smallest absolute Gasteiger partial charge is 0.317 e. The summed E-state index contributed by atoms with van der Waals surface area (Å²) in [6, 6.07) is 0.00403. The van der Waals surface area contributed by atoms with Gasteiger partial charge >= 0.3 is 6.03 Å². The number of hydrogen-bond acceptors (Lipinski definition) is 1. The van der Waals surface area contributed by atoms with Crippen LogP contribution in [-0.2, 0) is 0 Å². The summed E-state index contributed by atoms with van der Waals surface area (Å²) in [6.45, 7) is 8.83. The Morgan fingerprint density at radius 1 is 1.42 bits per heavy atom. The predicted octanol–water partition coefficient (Wildman–Crippen LogP) is 1.84. The van der Waals surface area contributed by atoms with Crippen molar-refractivity contribution in [2.45, 2.75) is 39.7 Å². The number of nitrogens with zero attached hydrogens (tertiary/aromatic N) is 1. The third kappa shape index (κ3) is 3.60. The average molecular weight is 172 g/mol. The minimum absolute atomic E-state index is 0.00403. The molecule has 0 atom stereocenters. The Kier molecular flexibility index (Phi) is 4.07. The third-order valence-electron chi connectivity index (χ3n) is 1.84. The van der Waals surface area contributed by atoms with E-state index in [1.165, 1.54) is 0 Å². The first-order valence-electron chi connectivity index (χ1n) is 4.41. The Balaban J connectivity index is 3.94. The molecule has 0 aromatic carbocycles. The normalized spacial score (nSPS) is 11.1. The van der Waals surface area contributed by atoms with Crippen LogP contribution in [0.3, 0.4) is 0 Å². The summed E-state index contributed by atoms with van der Waals surface area (Å²) in [4.78, 5) is 13.1. The van der Waals surface area contributed by atoms with E-state index in [2.05, 4.69) is 5.32 Å². The highest BCUT2D eigenvalue weighted by atomic mass is 16.2. The number of nitrogens with one attached hydrogen (secondary N) is 1. The fraction of sp³-hybridized carbons (Fsp3) is 0.889. The highest BCUT2D eigenvalue weighted by molar-refractivity contribution is 5.74. The lowest BCUT2D eigenvalue weighted by Gasteiger charge is -2.31. The zero-order chi connectivity index (χ0) is 9.78. The van der Waals surface area contributed by atoms with Gasteiger partial charge in [-0.15, -0.1) is 0 Å². The van der Waals surface area contributed by atoms with Crippen LogP contribution in [0.1, 0.15) is 34.1 Å². The molecule has 0 aromatic rings. The highest BCUT2D eigenvalue weighted by Gasteiger charge is 2.21. The maximum Gasteiger partial charge on any atom is 0.317 e. The lowest BCUT2D eigenvalue weighted by molar-refractivity contribution is 0.166. The van der Waals surface area contributed by atoms with Gasteiger partial charge in [-0.2, -0.15) is 0 Å². The van der Waals surface area contributed by atoms with E-state index in [9.17, 15) is 4.79 Å². The maximum atomic E-state index is 11.4. The number of carbonyl (C=O) groups is 1. The van der Waals surface area contributed by atoms with Gasteiger partial charge in [0.1, 0.15) is 0 Å². The molecule has 0 radical (unpaired) electrons. The molecule has 0 aromatic heterocycles. The number of carbonyl (C=O) groups excluding carboxylic acids is 1. The molecule has 3 heteroatoms. The molecule has 0 spiro atoms. The van der Waals surface area contributed by atoms with Gasteiger partial charge in [0.2, 0.25) is 0 Å². The average Bonchev–Trinajstić information content (AvgIpc) is 1.97. The summed E-state index contributed by atoms with van der Waals surface area (Å²) >= 11 is 0. The van der Waals surface area contributed by atoms with Crippen LogP contribution >= 0.6 is 0 Å². The monoisotopic (exact) mass is 172 g/mol. The summed E-state index contributed by atoms with van der Waals surface area (Å²) in [6.07, 6.45) is 0.976. The van der Waals surface area contributed by atoms with Crippen LogP contribution in [0.5, 0.6) is 0 Å². The second-order valence-corrected chi connectivity index (χ2v) is 3.96. The maximum absolute atomic E-state index is 11.4. The van der Waals surface area contributed by atoms with E-state index in [0.717, 1.165) is 13.0 Å². The predicted molar refractivity (Wildman–Crippen MR) is 51.2 cm³/mol. The van der Waals surface area contributed by atoms with E-state index in [0.29, 0.717) is 0 Å². The van der Waals surface area contributed by atoms with Gasteiger partial charge in [0.15, 0.2) is 0 Å². The standard InChI is InChI=1S/C9H20N2O/c1-6-7-10-8(12)11(5)9(2,3)4/h6-7H2,1-5H3,(H,10,12). The largest absolute Gasteiger partial charge is 0.338 e. The van der Waals surface area contributed by atoms with Crippen molar-refractivity contribution in [3.8, 4) is 0 Å². The lowest BCUT2D eigenvalue weighted by atomic mass is 10.1. The highest BCUT2D eigenvalue weighted by Crippen LogP contribution is 2.09. The van der Waals surface area contributed by atoms with Crippen molar-refractivity contribution in [1.29, 1.82) is 0 Å². The SMILES string of the molecule is CCCNC(=O)N(C)C(C)(C)C. The Bertz CT molecular complexity index is 149. The van der Waals surface area contributed by atoms with Gasteiger partial charge in [0, 0.05) is 19.1 Å². The van der Waals surface area contributed by atoms with E-state index in [4.69, 9.17) is 0 Å². The van der Waals surface area contributed by atoms with E-state index in [1.54, 1.807) is 4.90 Å². The molecule has 0 fully saturated rings. The van der Waals surface area contributed by atoms with Gasteiger partial charge in [0.05, 0.1) is 0 Å². The Hall–Kier alpha value is -0.730. The van der Waals surface area contributed by atoms with Crippen molar-refractivity contribution >= 4 is 6.03 Å². The molecule has 0 rings (SSSR count). The first-order valence-corrected chi connectivity index (χ1v) is 4.41. The number of urea groups is 1. The zero-order valence-electron chi connectivity index (χ0n) is 8.77. The van der Waals surface area contributed by atoms with Gasteiger partial charge < -0.3 is 10.2 Å². The molecular weight excluding hydrogens is 152 g/mol. The minimum Gasteiger partial charge on any atom is -0.338 e. The van der Waals surface area contributed by atoms with Crippen LogP contribution in [0.25, 0.3) is 0 Å². The molecule has 12 heavy (non-hydrogen) atoms. The van der Waals surface area contributed by atoms with Crippen molar-refractivity contribution in [1.82, 2.24) is 10.2 Å². The summed E-state index contributed by atoms with van der Waals surface area (Å²) in [5.41, 5.74) is -0.0994. The van der Waals surface area contributed by atoms with E-state index < -0.39 is 0 Å². The molecule has 0 heterocycles. The fourth-order valence-corrected chi connectivity index (χ4v) is 0.655. The van der Waals surface area contributed by atoms with Crippen LogP contribution in [0.4, 0.5) is 4.79 Å². The number of rotatable bonds is 2. The van der Waals surface area contributed by atoms with Gasteiger partial charge in [-0.25, -0.2) is 4.79 Å². The molecule has 2 amide bonds. The van der Waals surface area contributed by atoms with Gasteiger partial charge in [0.25, 0.3) is 0 Å². The first-order chi connectivity index (χ1) is 5.39. The van der Waals surface area contributed by atoms with Crippen molar-refractivity contribution in [3.63, 3.8) is 0 Å². The molecule has 0 aliphatic heterocycles. The quantitative estimate of drug-likeness (QED) is 0.677. The molecule has 0 bridgehead atoms. The van der Waals surface area contributed by atoms with E-state index >= 15 is 0 Å². The Labute approximate surface area is 75.1 Å². The molecule has 0 aliphatic carbocycles. The Morgan fingerprint density at radius 2 is 1.92 bits per heavy atom. The van der Waals surface area contributed by atoms with Crippen LogP contribution in [0.2, 0.25) is 0 Å². The van der Waals surface area contributed by atoms with Crippen LogP contribution < -0.4 is 5.32 Å². The summed E-state index contributed by atoms with van der Waals surface area (Å²) in [5.74, 6) is 0.